The van der Waals surface area contributed by atoms with E-state index >= 15 is 0 Å². The molecular formula is C17H29BrN2O2+2. The van der Waals surface area contributed by atoms with E-state index in [4.69, 9.17) is 9.47 Å². The molecule has 124 valence electrons. The topological polar surface area (TPSA) is 39.5 Å². The molecule has 1 saturated carbocycles. The van der Waals surface area contributed by atoms with Crippen LogP contribution in [0.5, 0.6) is 11.5 Å². The maximum atomic E-state index is 6.12. The van der Waals surface area contributed by atoms with Crippen LogP contribution in [0.25, 0.3) is 0 Å². The van der Waals surface area contributed by atoms with Crippen LogP contribution in [-0.4, -0.2) is 40.4 Å². The van der Waals surface area contributed by atoms with Crippen LogP contribution in [0.15, 0.2) is 16.6 Å². The van der Waals surface area contributed by atoms with Crippen molar-refractivity contribution in [2.75, 3.05) is 34.3 Å². The minimum Gasteiger partial charge on any atom is -0.493 e. The Hall–Kier alpha value is -0.780. The predicted octanol–water partition coefficient (Wildman–Crippen LogP) is 0.987. The molecule has 0 atom stereocenters. The quantitative estimate of drug-likeness (QED) is 0.668. The Bertz CT molecular complexity index is 474. The molecule has 0 amide bonds. The lowest BCUT2D eigenvalue weighted by molar-refractivity contribution is -0.875. The summed E-state index contributed by atoms with van der Waals surface area (Å²) < 4.78 is 12.8. The van der Waals surface area contributed by atoms with Gasteiger partial charge < -0.3 is 19.7 Å². The van der Waals surface area contributed by atoms with Crippen molar-refractivity contribution in [1.29, 1.82) is 0 Å². The molecule has 1 aromatic carbocycles. The van der Waals surface area contributed by atoms with Crippen LogP contribution in [-0.2, 0) is 6.54 Å². The van der Waals surface area contributed by atoms with Crippen LogP contribution in [0.3, 0.4) is 0 Å². The molecule has 0 bridgehead atoms. The molecular weight excluding hydrogens is 344 g/mol. The smallest absolute Gasteiger partial charge is 0.162 e. The maximum absolute atomic E-state index is 6.12. The van der Waals surface area contributed by atoms with Gasteiger partial charge in [0.15, 0.2) is 11.5 Å². The summed E-state index contributed by atoms with van der Waals surface area (Å²) >= 11 is 3.68. The number of rotatable bonds is 8. The third kappa shape index (κ3) is 5.14. The van der Waals surface area contributed by atoms with E-state index in [2.05, 4.69) is 47.5 Å². The second-order valence-electron chi connectivity index (χ2n) is 6.36. The molecule has 5 heteroatoms. The molecule has 0 saturated heterocycles. The summed E-state index contributed by atoms with van der Waals surface area (Å²) in [5, 5.41) is 2.34. The van der Waals surface area contributed by atoms with E-state index in [0.717, 1.165) is 48.4 Å². The minimum absolute atomic E-state index is 0.348. The molecule has 0 aromatic heterocycles. The standard InChI is InChI=1S/C17H27BrN2O2/c1-20(2)9-8-19-12-13-10-16(21-3)17(11-15(13)18)22-14-6-4-5-7-14/h10-11,14,19H,4-9,12H2,1-3H3/p+2. The number of hydrogen-bond acceptors (Lipinski definition) is 2. The fourth-order valence-electron chi connectivity index (χ4n) is 2.82. The molecule has 1 fully saturated rings. The second kappa shape index (κ2) is 8.75. The highest BCUT2D eigenvalue weighted by atomic mass is 79.9. The van der Waals surface area contributed by atoms with Crippen molar-refractivity contribution in [2.24, 2.45) is 0 Å². The van der Waals surface area contributed by atoms with Crippen molar-refractivity contribution in [3.63, 3.8) is 0 Å². The first-order chi connectivity index (χ1) is 10.6. The van der Waals surface area contributed by atoms with Crippen molar-refractivity contribution in [2.45, 2.75) is 38.3 Å². The maximum Gasteiger partial charge on any atom is 0.162 e. The lowest BCUT2D eigenvalue weighted by Gasteiger charge is -2.17. The highest BCUT2D eigenvalue weighted by Crippen LogP contribution is 2.35. The lowest BCUT2D eigenvalue weighted by Crippen LogP contribution is -3.09. The number of quaternary nitrogens is 2. The van der Waals surface area contributed by atoms with E-state index in [1.54, 1.807) is 7.11 Å². The molecule has 4 nitrogen and oxygen atoms in total. The van der Waals surface area contributed by atoms with E-state index < -0.39 is 0 Å². The third-order valence-electron chi connectivity index (χ3n) is 4.14. The number of hydrogen-bond donors (Lipinski definition) is 2. The van der Waals surface area contributed by atoms with Crippen LogP contribution in [0.1, 0.15) is 31.2 Å². The van der Waals surface area contributed by atoms with Gasteiger partial charge in [-0.2, -0.15) is 0 Å². The predicted molar refractivity (Wildman–Crippen MR) is 91.8 cm³/mol. The normalized spacial score (nSPS) is 15.5. The number of likely N-dealkylation sites (N-methyl/N-ethyl adjacent to an activating group) is 1. The van der Waals surface area contributed by atoms with Gasteiger partial charge in [0, 0.05) is 10.0 Å². The van der Waals surface area contributed by atoms with Gasteiger partial charge in [0.1, 0.15) is 19.6 Å². The summed E-state index contributed by atoms with van der Waals surface area (Å²) in [6, 6.07) is 4.17. The largest absolute Gasteiger partial charge is 0.493 e. The first-order valence-electron chi connectivity index (χ1n) is 8.24. The fraction of sp³-hybridized carbons (Fsp3) is 0.647. The Morgan fingerprint density at radius 3 is 2.59 bits per heavy atom. The van der Waals surface area contributed by atoms with E-state index in [1.807, 2.05) is 0 Å². The van der Waals surface area contributed by atoms with Crippen LogP contribution in [0.2, 0.25) is 0 Å². The monoisotopic (exact) mass is 372 g/mol. The highest BCUT2D eigenvalue weighted by Gasteiger charge is 2.19. The molecule has 0 radical (unpaired) electrons. The zero-order valence-corrected chi connectivity index (χ0v) is 15.5. The Morgan fingerprint density at radius 2 is 1.95 bits per heavy atom. The van der Waals surface area contributed by atoms with Gasteiger partial charge in [-0.3, -0.25) is 0 Å². The van der Waals surface area contributed by atoms with E-state index in [9.17, 15) is 0 Å². The van der Waals surface area contributed by atoms with E-state index in [0.29, 0.717) is 6.10 Å². The van der Waals surface area contributed by atoms with Gasteiger partial charge in [-0.15, -0.1) is 0 Å². The van der Waals surface area contributed by atoms with Crippen LogP contribution >= 0.6 is 15.9 Å². The molecule has 1 aliphatic rings. The van der Waals surface area contributed by atoms with E-state index in [-0.39, 0.29) is 0 Å². The van der Waals surface area contributed by atoms with Gasteiger partial charge in [-0.1, -0.05) is 15.9 Å². The zero-order valence-electron chi connectivity index (χ0n) is 14.0. The Morgan fingerprint density at radius 1 is 1.23 bits per heavy atom. The van der Waals surface area contributed by atoms with Crippen molar-refractivity contribution in [3.05, 3.63) is 22.2 Å². The summed E-state index contributed by atoms with van der Waals surface area (Å²) in [6.45, 7) is 3.24. The fourth-order valence-corrected chi connectivity index (χ4v) is 3.30. The summed E-state index contributed by atoms with van der Waals surface area (Å²) in [4.78, 5) is 1.48. The average molecular weight is 373 g/mol. The van der Waals surface area contributed by atoms with Crippen molar-refractivity contribution in [3.8, 4) is 11.5 Å². The minimum atomic E-state index is 0.348. The summed E-state index contributed by atoms with van der Waals surface area (Å²) in [5.41, 5.74) is 1.25. The summed E-state index contributed by atoms with van der Waals surface area (Å²) in [5.74, 6) is 1.71. The zero-order chi connectivity index (χ0) is 15.9. The molecule has 22 heavy (non-hydrogen) atoms. The van der Waals surface area contributed by atoms with Gasteiger partial charge >= 0.3 is 0 Å². The van der Waals surface area contributed by atoms with Gasteiger partial charge in [-0.05, 0) is 37.8 Å². The van der Waals surface area contributed by atoms with Gasteiger partial charge in [0.25, 0.3) is 0 Å². The number of methoxy groups -OCH3 is 1. The first kappa shape index (κ1) is 17.6. The number of halogens is 1. The molecule has 2 rings (SSSR count). The Labute approximate surface area is 142 Å². The van der Waals surface area contributed by atoms with Gasteiger partial charge in [-0.25, -0.2) is 0 Å². The number of nitrogens with two attached hydrogens (primary N) is 1. The molecule has 0 heterocycles. The highest BCUT2D eigenvalue weighted by molar-refractivity contribution is 9.10. The van der Waals surface area contributed by atoms with Crippen LogP contribution in [0.4, 0.5) is 0 Å². The molecule has 3 N–H and O–H groups in total. The summed E-state index contributed by atoms with van der Waals surface area (Å²) in [7, 11) is 6.08. The summed E-state index contributed by atoms with van der Waals surface area (Å²) in [6.07, 6.45) is 5.21. The SMILES string of the molecule is COc1cc(C[NH2+]CC[NH+](C)C)c(Br)cc1OC1CCCC1. The number of ether oxygens (including phenoxy) is 2. The molecule has 0 aliphatic heterocycles. The first-order valence-corrected chi connectivity index (χ1v) is 9.03. The third-order valence-corrected chi connectivity index (χ3v) is 4.88. The molecule has 1 aliphatic carbocycles. The molecule has 1 aromatic rings. The Kier molecular flexibility index (Phi) is 6.99. The number of nitrogens with one attached hydrogen (secondary N) is 1. The second-order valence-corrected chi connectivity index (χ2v) is 7.21. The Balaban J connectivity index is 1.99. The molecule has 0 spiro atoms. The van der Waals surface area contributed by atoms with Crippen molar-refractivity contribution >= 4 is 15.9 Å². The van der Waals surface area contributed by atoms with Crippen LogP contribution < -0.4 is 19.7 Å². The van der Waals surface area contributed by atoms with Crippen molar-refractivity contribution < 1.29 is 19.7 Å². The van der Waals surface area contributed by atoms with Gasteiger partial charge in [0.05, 0.1) is 27.3 Å². The lowest BCUT2D eigenvalue weighted by atomic mass is 10.2. The van der Waals surface area contributed by atoms with Gasteiger partial charge in [0.2, 0.25) is 0 Å². The average Bonchev–Trinajstić information content (AvgIpc) is 2.98. The number of benzene rings is 1. The van der Waals surface area contributed by atoms with Crippen molar-refractivity contribution in [1.82, 2.24) is 0 Å². The van der Waals surface area contributed by atoms with E-state index in [1.165, 1.54) is 23.3 Å². The van der Waals surface area contributed by atoms with Crippen LogP contribution in [0, 0.1) is 0 Å². The molecule has 0 unspecified atom stereocenters.